The van der Waals surface area contributed by atoms with Crippen molar-refractivity contribution in [2.75, 3.05) is 19.7 Å². The number of nitrogens with zero attached hydrogens (tertiary/aromatic N) is 1. The standard InChI is InChI=1S/C14H18BrNO2/c15-11-3-4-14-10(6-11)7-13(18-14)8-16-5-1-2-12(16)9-17/h3-4,6,12-13,17H,1-2,5,7-9H2/t12-,13?/m1/s1. The molecule has 0 aliphatic carbocycles. The number of ether oxygens (including phenoxy) is 1. The fourth-order valence-electron chi connectivity index (χ4n) is 2.99. The van der Waals surface area contributed by atoms with E-state index in [1.165, 1.54) is 12.0 Å². The minimum Gasteiger partial charge on any atom is -0.488 e. The molecule has 2 aliphatic heterocycles. The molecule has 98 valence electrons. The van der Waals surface area contributed by atoms with E-state index in [9.17, 15) is 5.11 Å². The fourth-order valence-corrected chi connectivity index (χ4v) is 3.40. The lowest BCUT2D eigenvalue weighted by molar-refractivity contribution is 0.109. The zero-order valence-corrected chi connectivity index (χ0v) is 11.9. The van der Waals surface area contributed by atoms with Crippen LogP contribution in [0.4, 0.5) is 0 Å². The molecule has 0 saturated carbocycles. The van der Waals surface area contributed by atoms with Crippen molar-refractivity contribution in [1.29, 1.82) is 0 Å². The summed E-state index contributed by atoms with van der Waals surface area (Å²) in [7, 11) is 0. The van der Waals surface area contributed by atoms with Crippen LogP contribution in [0, 0.1) is 0 Å². The average molecular weight is 312 g/mol. The number of aliphatic hydroxyl groups excluding tert-OH is 1. The minimum absolute atomic E-state index is 0.237. The summed E-state index contributed by atoms with van der Waals surface area (Å²) in [5.74, 6) is 1.02. The molecule has 1 aromatic rings. The number of hydrogen-bond donors (Lipinski definition) is 1. The maximum Gasteiger partial charge on any atom is 0.123 e. The predicted octanol–water partition coefficient (Wildman–Crippen LogP) is 2.21. The van der Waals surface area contributed by atoms with E-state index in [-0.39, 0.29) is 12.7 Å². The minimum atomic E-state index is 0.237. The molecule has 2 atom stereocenters. The molecule has 18 heavy (non-hydrogen) atoms. The molecular formula is C14H18BrNO2. The Morgan fingerprint density at radius 2 is 2.33 bits per heavy atom. The normalized spacial score (nSPS) is 27.2. The van der Waals surface area contributed by atoms with Gasteiger partial charge in [0.1, 0.15) is 11.9 Å². The average Bonchev–Trinajstić information content (AvgIpc) is 2.94. The summed E-state index contributed by atoms with van der Waals surface area (Å²) in [5, 5.41) is 9.33. The highest BCUT2D eigenvalue weighted by Crippen LogP contribution is 2.32. The van der Waals surface area contributed by atoms with Gasteiger partial charge in [-0.05, 0) is 43.1 Å². The Morgan fingerprint density at radius 3 is 3.17 bits per heavy atom. The summed E-state index contributed by atoms with van der Waals surface area (Å²) in [4.78, 5) is 2.37. The van der Waals surface area contributed by atoms with Gasteiger partial charge in [0.25, 0.3) is 0 Å². The Hall–Kier alpha value is -0.580. The van der Waals surface area contributed by atoms with Crippen LogP contribution in [0.2, 0.25) is 0 Å². The highest BCUT2D eigenvalue weighted by atomic mass is 79.9. The summed E-state index contributed by atoms with van der Waals surface area (Å²) in [6.07, 6.45) is 3.52. The topological polar surface area (TPSA) is 32.7 Å². The van der Waals surface area contributed by atoms with Crippen molar-refractivity contribution in [3.63, 3.8) is 0 Å². The van der Waals surface area contributed by atoms with E-state index in [0.29, 0.717) is 6.04 Å². The third kappa shape index (κ3) is 2.42. The molecule has 0 bridgehead atoms. The van der Waals surface area contributed by atoms with Crippen LogP contribution in [0.5, 0.6) is 5.75 Å². The van der Waals surface area contributed by atoms with Gasteiger partial charge in [0.05, 0.1) is 6.61 Å². The molecule has 0 aromatic heterocycles. The van der Waals surface area contributed by atoms with E-state index in [0.717, 1.165) is 36.2 Å². The zero-order chi connectivity index (χ0) is 12.5. The van der Waals surface area contributed by atoms with Gasteiger partial charge in [0, 0.05) is 23.5 Å². The van der Waals surface area contributed by atoms with Crippen molar-refractivity contribution < 1.29 is 9.84 Å². The maximum absolute atomic E-state index is 9.33. The number of benzene rings is 1. The maximum atomic E-state index is 9.33. The molecule has 1 N–H and O–H groups in total. The second kappa shape index (κ2) is 5.19. The number of fused-ring (bicyclic) bond motifs is 1. The highest BCUT2D eigenvalue weighted by Gasteiger charge is 2.30. The quantitative estimate of drug-likeness (QED) is 0.929. The lowest BCUT2D eigenvalue weighted by Crippen LogP contribution is -2.39. The summed E-state index contributed by atoms with van der Waals surface area (Å²) in [5.41, 5.74) is 1.29. The van der Waals surface area contributed by atoms with Gasteiger partial charge in [-0.1, -0.05) is 15.9 Å². The lowest BCUT2D eigenvalue weighted by atomic mass is 10.1. The van der Waals surface area contributed by atoms with Crippen molar-refractivity contribution in [3.8, 4) is 5.75 Å². The number of likely N-dealkylation sites (tertiary alicyclic amines) is 1. The molecule has 2 heterocycles. The zero-order valence-electron chi connectivity index (χ0n) is 10.3. The Kier molecular flexibility index (Phi) is 3.59. The van der Waals surface area contributed by atoms with Gasteiger partial charge >= 0.3 is 0 Å². The number of aliphatic hydroxyl groups is 1. The monoisotopic (exact) mass is 311 g/mol. The molecule has 1 saturated heterocycles. The first-order valence-electron chi connectivity index (χ1n) is 6.56. The summed E-state index contributed by atoms with van der Waals surface area (Å²) in [6, 6.07) is 6.53. The molecule has 0 radical (unpaired) electrons. The van der Waals surface area contributed by atoms with E-state index in [1.807, 2.05) is 12.1 Å². The third-order valence-corrected chi connectivity index (χ3v) is 4.40. The molecule has 1 fully saturated rings. The van der Waals surface area contributed by atoms with Crippen molar-refractivity contribution in [2.45, 2.75) is 31.4 Å². The van der Waals surface area contributed by atoms with Crippen LogP contribution >= 0.6 is 15.9 Å². The van der Waals surface area contributed by atoms with E-state index in [2.05, 4.69) is 26.9 Å². The third-order valence-electron chi connectivity index (χ3n) is 3.91. The number of rotatable bonds is 3. The van der Waals surface area contributed by atoms with Crippen LogP contribution in [0.15, 0.2) is 22.7 Å². The van der Waals surface area contributed by atoms with Gasteiger partial charge in [-0.3, -0.25) is 4.90 Å². The summed E-state index contributed by atoms with van der Waals surface area (Å²) in [6.45, 7) is 2.29. The number of hydrogen-bond acceptors (Lipinski definition) is 3. The smallest absolute Gasteiger partial charge is 0.123 e. The summed E-state index contributed by atoms with van der Waals surface area (Å²) >= 11 is 3.49. The van der Waals surface area contributed by atoms with E-state index >= 15 is 0 Å². The van der Waals surface area contributed by atoms with Gasteiger partial charge in [-0.15, -0.1) is 0 Å². The molecule has 0 amide bonds. The second-order valence-electron chi connectivity index (χ2n) is 5.17. The van der Waals surface area contributed by atoms with Crippen molar-refractivity contribution >= 4 is 15.9 Å². The van der Waals surface area contributed by atoms with Crippen LogP contribution in [0.1, 0.15) is 18.4 Å². The first-order valence-corrected chi connectivity index (χ1v) is 7.35. The van der Waals surface area contributed by atoms with Crippen LogP contribution in [-0.4, -0.2) is 41.8 Å². The van der Waals surface area contributed by atoms with E-state index < -0.39 is 0 Å². The van der Waals surface area contributed by atoms with Crippen LogP contribution < -0.4 is 4.74 Å². The Morgan fingerprint density at radius 1 is 1.44 bits per heavy atom. The molecule has 3 nitrogen and oxygen atoms in total. The van der Waals surface area contributed by atoms with Crippen molar-refractivity contribution in [1.82, 2.24) is 4.90 Å². The fraction of sp³-hybridized carbons (Fsp3) is 0.571. The SMILES string of the molecule is OC[C@H]1CCCN1CC1Cc2cc(Br)ccc2O1. The van der Waals surface area contributed by atoms with Crippen LogP contribution in [0.3, 0.4) is 0 Å². The van der Waals surface area contributed by atoms with Gasteiger partial charge in [-0.2, -0.15) is 0 Å². The molecule has 0 spiro atoms. The van der Waals surface area contributed by atoms with Gasteiger partial charge in [-0.25, -0.2) is 0 Å². The Labute approximate surface area is 116 Å². The van der Waals surface area contributed by atoms with E-state index in [4.69, 9.17) is 4.74 Å². The van der Waals surface area contributed by atoms with E-state index in [1.54, 1.807) is 0 Å². The first-order chi connectivity index (χ1) is 8.76. The van der Waals surface area contributed by atoms with Crippen LogP contribution in [0.25, 0.3) is 0 Å². The van der Waals surface area contributed by atoms with Crippen molar-refractivity contribution in [3.05, 3.63) is 28.2 Å². The van der Waals surface area contributed by atoms with Gasteiger partial charge < -0.3 is 9.84 Å². The molecule has 3 rings (SSSR count). The second-order valence-corrected chi connectivity index (χ2v) is 6.09. The van der Waals surface area contributed by atoms with Crippen molar-refractivity contribution in [2.24, 2.45) is 0 Å². The molecule has 2 aliphatic rings. The van der Waals surface area contributed by atoms with Crippen LogP contribution in [-0.2, 0) is 6.42 Å². The van der Waals surface area contributed by atoms with Gasteiger partial charge in [0.15, 0.2) is 0 Å². The highest BCUT2D eigenvalue weighted by molar-refractivity contribution is 9.10. The molecular weight excluding hydrogens is 294 g/mol. The molecule has 1 aromatic carbocycles. The first kappa shape index (κ1) is 12.5. The Bertz CT molecular complexity index is 438. The van der Waals surface area contributed by atoms with Gasteiger partial charge in [0.2, 0.25) is 0 Å². The largest absolute Gasteiger partial charge is 0.488 e. The molecule has 1 unspecified atom stereocenters. The Balaban J connectivity index is 1.64. The lowest BCUT2D eigenvalue weighted by Gasteiger charge is -2.25. The molecule has 4 heteroatoms. The predicted molar refractivity (Wildman–Crippen MR) is 73.9 cm³/mol. The summed E-state index contributed by atoms with van der Waals surface area (Å²) < 4.78 is 7.08. The number of halogens is 1.